The third-order valence-electron chi connectivity index (χ3n) is 0.792. The topological polar surface area (TPSA) is 89.4 Å². The smallest absolute Gasteiger partial charge is 0.376 e. The van der Waals surface area contributed by atoms with Crippen molar-refractivity contribution < 1.29 is 14.4 Å². The highest BCUT2D eigenvalue weighted by molar-refractivity contribution is 5.89. The minimum atomic E-state index is -1.20. The van der Waals surface area contributed by atoms with Crippen LogP contribution in [0.2, 0.25) is 0 Å². The van der Waals surface area contributed by atoms with Crippen LogP contribution in [0.5, 0.6) is 0 Å². The number of nitrogens with two attached hydrogens (primary N) is 1. The minimum Gasteiger partial charge on any atom is -0.475 e. The molecule has 0 aliphatic carbocycles. The van der Waals surface area contributed by atoms with E-state index in [-0.39, 0.29) is 11.4 Å². The Hall–Kier alpha value is -1.52. The SMILES string of the molecule is Nc1cnoc1C(=O)O. The molecule has 0 fully saturated rings. The van der Waals surface area contributed by atoms with Gasteiger partial charge in [0.15, 0.2) is 0 Å². The van der Waals surface area contributed by atoms with Gasteiger partial charge >= 0.3 is 5.97 Å². The van der Waals surface area contributed by atoms with Crippen LogP contribution in [0.15, 0.2) is 10.7 Å². The summed E-state index contributed by atoms with van der Waals surface area (Å²) >= 11 is 0. The second kappa shape index (κ2) is 1.77. The number of carboxylic acid groups (broad SMARTS) is 1. The van der Waals surface area contributed by atoms with E-state index in [0.717, 1.165) is 6.20 Å². The number of hydrogen-bond acceptors (Lipinski definition) is 4. The molecule has 0 aliphatic rings. The molecule has 0 saturated carbocycles. The average Bonchev–Trinajstić information content (AvgIpc) is 2.13. The van der Waals surface area contributed by atoms with Crippen LogP contribution in [0, 0.1) is 0 Å². The van der Waals surface area contributed by atoms with Gasteiger partial charge < -0.3 is 15.4 Å². The van der Waals surface area contributed by atoms with Crippen LogP contribution in [0.3, 0.4) is 0 Å². The van der Waals surface area contributed by atoms with Crippen molar-refractivity contribution >= 4 is 11.7 Å². The van der Waals surface area contributed by atoms with E-state index in [9.17, 15) is 4.79 Å². The van der Waals surface area contributed by atoms with Gasteiger partial charge in [-0.25, -0.2) is 4.79 Å². The maximum Gasteiger partial charge on any atom is 0.376 e. The zero-order valence-corrected chi connectivity index (χ0v) is 4.37. The predicted octanol–water partition coefficient (Wildman–Crippen LogP) is -0.0450. The van der Waals surface area contributed by atoms with E-state index in [0.29, 0.717) is 0 Å². The standard InChI is InChI=1S/C4H4N2O3/c5-2-1-6-9-3(2)4(7)8/h1H,5H2,(H,7,8). The Balaban J connectivity index is 3.08. The first-order valence-corrected chi connectivity index (χ1v) is 2.15. The Bertz CT molecular complexity index is 229. The summed E-state index contributed by atoms with van der Waals surface area (Å²) in [5.74, 6) is -1.51. The molecule has 1 aromatic heterocycles. The van der Waals surface area contributed by atoms with Crippen LogP contribution in [-0.4, -0.2) is 16.2 Å². The van der Waals surface area contributed by atoms with Crippen molar-refractivity contribution in [2.45, 2.75) is 0 Å². The summed E-state index contributed by atoms with van der Waals surface area (Å²) in [6, 6.07) is 0. The number of nitrogen functional groups attached to an aromatic ring is 1. The third kappa shape index (κ3) is 0.835. The van der Waals surface area contributed by atoms with Gasteiger partial charge in [-0.15, -0.1) is 0 Å². The van der Waals surface area contributed by atoms with E-state index >= 15 is 0 Å². The molecule has 0 aromatic carbocycles. The Kier molecular flexibility index (Phi) is 1.11. The molecule has 5 heteroatoms. The minimum absolute atomic E-state index is 0.0440. The Morgan fingerprint density at radius 3 is 2.78 bits per heavy atom. The lowest BCUT2D eigenvalue weighted by atomic mass is 10.4. The number of aromatic nitrogens is 1. The van der Waals surface area contributed by atoms with Crippen LogP contribution in [0.4, 0.5) is 5.69 Å². The molecule has 1 aromatic rings. The second-order valence-electron chi connectivity index (χ2n) is 1.42. The Labute approximate surface area is 50.1 Å². The van der Waals surface area contributed by atoms with Gasteiger partial charge in [-0.2, -0.15) is 0 Å². The van der Waals surface area contributed by atoms with Crippen molar-refractivity contribution in [1.82, 2.24) is 5.16 Å². The molecule has 0 saturated heterocycles. The summed E-state index contributed by atoms with van der Waals surface area (Å²) in [6.45, 7) is 0. The van der Waals surface area contributed by atoms with Crippen LogP contribution >= 0.6 is 0 Å². The number of carboxylic acids is 1. The van der Waals surface area contributed by atoms with Gasteiger partial charge in [0.2, 0.25) is 0 Å². The van der Waals surface area contributed by atoms with E-state index in [2.05, 4.69) is 9.68 Å². The van der Waals surface area contributed by atoms with Crippen molar-refractivity contribution in [1.29, 1.82) is 0 Å². The summed E-state index contributed by atoms with van der Waals surface area (Å²) in [5.41, 5.74) is 5.15. The second-order valence-corrected chi connectivity index (χ2v) is 1.42. The van der Waals surface area contributed by atoms with E-state index in [1.54, 1.807) is 0 Å². The first-order valence-electron chi connectivity index (χ1n) is 2.15. The fourth-order valence-corrected chi connectivity index (χ4v) is 0.410. The monoisotopic (exact) mass is 128 g/mol. The molecule has 0 unspecified atom stereocenters. The van der Waals surface area contributed by atoms with Gasteiger partial charge in [0.05, 0.1) is 6.20 Å². The molecule has 0 amide bonds. The maximum absolute atomic E-state index is 10.1. The fourth-order valence-electron chi connectivity index (χ4n) is 0.410. The molecule has 0 aliphatic heterocycles. The van der Waals surface area contributed by atoms with Gasteiger partial charge in [-0.05, 0) is 0 Å². The van der Waals surface area contributed by atoms with Crippen LogP contribution in [-0.2, 0) is 0 Å². The van der Waals surface area contributed by atoms with Crippen LogP contribution in [0.1, 0.15) is 10.6 Å². The maximum atomic E-state index is 10.1. The quantitative estimate of drug-likeness (QED) is 0.553. The van der Waals surface area contributed by atoms with E-state index in [1.807, 2.05) is 0 Å². The normalized spacial score (nSPS) is 9.33. The Morgan fingerprint density at radius 2 is 2.56 bits per heavy atom. The number of aromatic carboxylic acids is 1. The molecule has 9 heavy (non-hydrogen) atoms. The predicted molar refractivity (Wildman–Crippen MR) is 27.9 cm³/mol. The molecule has 0 bridgehead atoms. The number of nitrogens with zero attached hydrogens (tertiary/aromatic N) is 1. The molecule has 0 atom stereocenters. The molecular formula is C4H4N2O3. The van der Waals surface area contributed by atoms with E-state index in [4.69, 9.17) is 10.8 Å². The first kappa shape index (κ1) is 5.61. The van der Waals surface area contributed by atoms with Crippen molar-refractivity contribution in [3.8, 4) is 0 Å². The molecule has 0 radical (unpaired) electrons. The summed E-state index contributed by atoms with van der Waals surface area (Å²) in [4.78, 5) is 10.1. The van der Waals surface area contributed by atoms with Crippen molar-refractivity contribution in [2.24, 2.45) is 0 Å². The van der Waals surface area contributed by atoms with Crippen LogP contribution in [0.25, 0.3) is 0 Å². The number of rotatable bonds is 1. The zero-order valence-electron chi connectivity index (χ0n) is 4.37. The number of anilines is 1. The highest BCUT2D eigenvalue weighted by atomic mass is 16.5. The van der Waals surface area contributed by atoms with E-state index in [1.165, 1.54) is 0 Å². The fraction of sp³-hybridized carbons (Fsp3) is 0. The summed E-state index contributed by atoms with van der Waals surface area (Å²) in [7, 11) is 0. The molecule has 1 heterocycles. The molecular weight excluding hydrogens is 124 g/mol. The molecule has 5 nitrogen and oxygen atoms in total. The Morgan fingerprint density at radius 1 is 1.89 bits per heavy atom. The lowest BCUT2D eigenvalue weighted by Crippen LogP contribution is -1.97. The average molecular weight is 128 g/mol. The van der Waals surface area contributed by atoms with Gasteiger partial charge in [0.1, 0.15) is 5.69 Å². The van der Waals surface area contributed by atoms with Crippen LogP contribution < -0.4 is 5.73 Å². The van der Waals surface area contributed by atoms with E-state index < -0.39 is 5.97 Å². The highest BCUT2D eigenvalue weighted by Gasteiger charge is 2.11. The summed E-state index contributed by atoms with van der Waals surface area (Å²) < 4.78 is 4.25. The lowest BCUT2D eigenvalue weighted by molar-refractivity contribution is 0.0653. The number of carbonyl (C=O) groups is 1. The molecule has 48 valence electrons. The van der Waals surface area contributed by atoms with Gasteiger partial charge in [-0.1, -0.05) is 5.16 Å². The van der Waals surface area contributed by atoms with Crippen molar-refractivity contribution in [2.75, 3.05) is 5.73 Å². The van der Waals surface area contributed by atoms with Gasteiger partial charge in [0.25, 0.3) is 5.76 Å². The largest absolute Gasteiger partial charge is 0.475 e. The lowest BCUT2D eigenvalue weighted by Gasteiger charge is -1.83. The van der Waals surface area contributed by atoms with Crippen molar-refractivity contribution in [3.05, 3.63) is 12.0 Å². The first-order chi connectivity index (χ1) is 4.22. The van der Waals surface area contributed by atoms with Crippen molar-refractivity contribution in [3.63, 3.8) is 0 Å². The summed E-state index contributed by atoms with van der Waals surface area (Å²) in [6.07, 6.45) is 1.14. The zero-order chi connectivity index (χ0) is 6.85. The van der Waals surface area contributed by atoms with Gasteiger partial charge in [-0.3, -0.25) is 0 Å². The molecule has 0 spiro atoms. The van der Waals surface area contributed by atoms with Gasteiger partial charge in [0, 0.05) is 0 Å². The number of hydrogen-bond donors (Lipinski definition) is 2. The molecule has 1 rings (SSSR count). The summed E-state index contributed by atoms with van der Waals surface area (Å²) in [5, 5.41) is 11.4. The molecule has 3 N–H and O–H groups in total. The third-order valence-corrected chi connectivity index (χ3v) is 0.792. The highest BCUT2D eigenvalue weighted by Crippen LogP contribution is 2.07.